The summed E-state index contributed by atoms with van der Waals surface area (Å²) < 4.78 is 0. The number of hydrogen-bond acceptors (Lipinski definition) is 1. The van der Waals surface area contributed by atoms with Crippen molar-refractivity contribution in [3.63, 3.8) is 0 Å². The number of likely N-dealkylation sites (tertiary alicyclic amines) is 1. The van der Waals surface area contributed by atoms with Crippen LogP contribution >= 0.6 is 15.9 Å². The summed E-state index contributed by atoms with van der Waals surface area (Å²) in [5.74, 6) is 0.173. The molecule has 2 nitrogen and oxygen atoms in total. The molecule has 3 heteroatoms. The van der Waals surface area contributed by atoms with E-state index in [4.69, 9.17) is 0 Å². The molecule has 1 aromatic carbocycles. The second-order valence-corrected chi connectivity index (χ2v) is 6.35. The minimum absolute atomic E-state index is 0.173. The number of alkyl halides is 1. The number of piperidine rings is 1. The predicted molar refractivity (Wildman–Crippen MR) is 78.0 cm³/mol. The summed E-state index contributed by atoms with van der Waals surface area (Å²) in [6, 6.07) is 7.88. The van der Waals surface area contributed by atoms with E-state index in [-0.39, 0.29) is 5.91 Å². The van der Waals surface area contributed by atoms with Gasteiger partial charge in [0.05, 0.1) is 0 Å². The second-order valence-electron chi connectivity index (χ2n) is 5.79. The molecule has 1 heterocycles. The van der Waals surface area contributed by atoms with E-state index in [0.717, 1.165) is 36.8 Å². The van der Waals surface area contributed by atoms with E-state index in [9.17, 15) is 4.79 Å². The Morgan fingerprint density at radius 3 is 2.28 bits per heavy atom. The van der Waals surface area contributed by atoms with Gasteiger partial charge in [0, 0.05) is 24.0 Å². The summed E-state index contributed by atoms with van der Waals surface area (Å²) in [5.41, 5.74) is 2.39. The number of amides is 1. The van der Waals surface area contributed by atoms with Gasteiger partial charge in [0.2, 0.25) is 0 Å². The highest BCUT2D eigenvalue weighted by Crippen LogP contribution is 2.30. The molecule has 2 rings (SSSR count). The first kappa shape index (κ1) is 13.6. The van der Waals surface area contributed by atoms with Crippen molar-refractivity contribution in [2.75, 3.05) is 13.1 Å². The molecule has 1 amide bonds. The SMILES string of the molecule is CC1(C)CCN(C(=O)c2ccc(CBr)cc2)CC1. The quantitative estimate of drug-likeness (QED) is 0.760. The normalized spacial score (nSPS) is 18.7. The molecule has 0 atom stereocenters. The fourth-order valence-corrected chi connectivity index (χ4v) is 2.61. The third-order valence-electron chi connectivity index (χ3n) is 3.76. The van der Waals surface area contributed by atoms with Gasteiger partial charge in [-0.2, -0.15) is 0 Å². The van der Waals surface area contributed by atoms with Crippen LogP contribution in [-0.2, 0) is 5.33 Å². The fraction of sp³-hybridized carbons (Fsp3) is 0.533. The lowest BCUT2D eigenvalue weighted by molar-refractivity contribution is 0.0630. The van der Waals surface area contributed by atoms with Crippen LogP contribution in [0.5, 0.6) is 0 Å². The number of carbonyl (C=O) groups excluding carboxylic acids is 1. The van der Waals surface area contributed by atoms with Gasteiger partial charge < -0.3 is 4.90 Å². The van der Waals surface area contributed by atoms with Crippen LogP contribution in [0.15, 0.2) is 24.3 Å². The first-order valence-electron chi connectivity index (χ1n) is 6.46. The Morgan fingerprint density at radius 2 is 1.78 bits per heavy atom. The predicted octanol–water partition coefficient (Wildman–Crippen LogP) is 3.84. The molecule has 0 aliphatic carbocycles. The van der Waals surface area contributed by atoms with Crippen molar-refractivity contribution < 1.29 is 4.79 Å². The van der Waals surface area contributed by atoms with E-state index in [0.29, 0.717) is 5.41 Å². The molecule has 1 aliphatic heterocycles. The van der Waals surface area contributed by atoms with Crippen LogP contribution in [0.1, 0.15) is 42.6 Å². The monoisotopic (exact) mass is 309 g/mol. The number of carbonyl (C=O) groups is 1. The molecule has 0 radical (unpaired) electrons. The molecule has 1 fully saturated rings. The van der Waals surface area contributed by atoms with Crippen LogP contribution in [0.2, 0.25) is 0 Å². The summed E-state index contributed by atoms with van der Waals surface area (Å²) in [7, 11) is 0. The highest BCUT2D eigenvalue weighted by atomic mass is 79.9. The number of halogens is 1. The zero-order valence-electron chi connectivity index (χ0n) is 11.1. The first-order chi connectivity index (χ1) is 8.52. The Morgan fingerprint density at radius 1 is 1.22 bits per heavy atom. The lowest BCUT2D eigenvalue weighted by atomic mass is 9.82. The minimum Gasteiger partial charge on any atom is -0.339 e. The van der Waals surface area contributed by atoms with Crippen molar-refractivity contribution in [1.29, 1.82) is 0 Å². The summed E-state index contributed by atoms with van der Waals surface area (Å²) in [5, 5.41) is 0.833. The van der Waals surface area contributed by atoms with Gasteiger partial charge in [0.25, 0.3) is 5.91 Å². The minimum atomic E-state index is 0.173. The number of nitrogens with zero attached hydrogens (tertiary/aromatic N) is 1. The maximum Gasteiger partial charge on any atom is 0.253 e. The third kappa shape index (κ3) is 3.14. The zero-order valence-corrected chi connectivity index (χ0v) is 12.7. The molecule has 1 saturated heterocycles. The van der Waals surface area contributed by atoms with Gasteiger partial charge in [0.15, 0.2) is 0 Å². The highest BCUT2D eigenvalue weighted by Gasteiger charge is 2.28. The fourth-order valence-electron chi connectivity index (χ4n) is 2.23. The van der Waals surface area contributed by atoms with E-state index in [1.165, 1.54) is 5.56 Å². The Bertz CT molecular complexity index is 415. The summed E-state index contributed by atoms with van der Waals surface area (Å²) >= 11 is 3.41. The van der Waals surface area contributed by atoms with Crippen LogP contribution in [-0.4, -0.2) is 23.9 Å². The van der Waals surface area contributed by atoms with Gasteiger partial charge in [-0.1, -0.05) is 41.9 Å². The Hall–Kier alpha value is -0.830. The molecule has 0 spiro atoms. The van der Waals surface area contributed by atoms with Gasteiger partial charge >= 0.3 is 0 Å². The molecule has 0 saturated carbocycles. The Kier molecular flexibility index (Phi) is 4.10. The molecule has 0 aromatic heterocycles. The number of hydrogen-bond donors (Lipinski definition) is 0. The van der Waals surface area contributed by atoms with Gasteiger partial charge in [-0.15, -0.1) is 0 Å². The summed E-state index contributed by atoms with van der Waals surface area (Å²) in [6.45, 7) is 6.32. The van der Waals surface area contributed by atoms with Crippen LogP contribution in [0.4, 0.5) is 0 Å². The molecular weight excluding hydrogens is 290 g/mol. The maximum atomic E-state index is 12.3. The molecule has 1 aromatic rings. The van der Waals surface area contributed by atoms with Crippen molar-refractivity contribution >= 4 is 21.8 Å². The Labute approximate surface area is 117 Å². The molecule has 1 aliphatic rings. The topological polar surface area (TPSA) is 20.3 Å². The van der Waals surface area contributed by atoms with Gasteiger partial charge in [-0.3, -0.25) is 4.79 Å². The first-order valence-corrected chi connectivity index (χ1v) is 7.58. The second kappa shape index (κ2) is 5.43. The molecule has 18 heavy (non-hydrogen) atoms. The van der Waals surface area contributed by atoms with E-state index in [1.807, 2.05) is 29.2 Å². The standard InChI is InChI=1S/C15H20BrNO/c1-15(2)7-9-17(10-8-15)14(18)13-5-3-12(11-16)4-6-13/h3-6H,7-11H2,1-2H3. The van der Waals surface area contributed by atoms with Crippen LogP contribution in [0.25, 0.3) is 0 Å². The van der Waals surface area contributed by atoms with E-state index in [2.05, 4.69) is 29.8 Å². The average molecular weight is 310 g/mol. The molecule has 0 N–H and O–H groups in total. The third-order valence-corrected chi connectivity index (χ3v) is 4.41. The summed E-state index contributed by atoms with van der Waals surface area (Å²) in [4.78, 5) is 14.3. The van der Waals surface area contributed by atoms with Crippen molar-refractivity contribution in [2.24, 2.45) is 5.41 Å². The lowest BCUT2D eigenvalue weighted by Gasteiger charge is -2.37. The average Bonchev–Trinajstić information content (AvgIpc) is 2.38. The smallest absolute Gasteiger partial charge is 0.253 e. The van der Waals surface area contributed by atoms with E-state index >= 15 is 0 Å². The number of benzene rings is 1. The van der Waals surface area contributed by atoms with Crippen LogP contribution in [0, 0.1) is 5.41 Å². The largest absolute Gasteiger partial charge is 0.339 e. The van der Waals surface area contributed by atoms with E-state index in [1.54, 1.807) is 0 Å². The van der Waals surface area contributed by atoms with Crippen LogP contribution < -0.4 is 0 Å². The van der Waals surface area contributed by atoms with Gasteiger partial charge in [-0.05, 0) is 36.0 Å². The molecule has 0 unspecified atom stereocenters. The molecule has 0 bridgehead atoms. The van der Waals surface area contributed by atoms with Crippen molar-refractivity contribution in [3.05, 3.63) is 35.4 Å². The lowest BCUT2D eigenvalue weighted by Crippen LogP contribution is -2.41. The highest BCUT2D eigenvalue weighted by molar-refractivity contribution is 9.08. The van der Waals surface area contributed by atoms with Crippen molar-refractivity contribution in [2.45, 2.75) is 32.0 Å². The maximum absolute atomic E-state index is 12.3. The number of rotatable bonds is 2. The van der Waals surface area contributed by atoms with Gasteiger partial charge in [-0.25, -0.2) is 0 Å². The van der Waals surface area contributed by atoms with Crippen LogP contribution in [0.3, 0.4) is 0 Å². The summed E-state index contributed by atoms with van der Waals surface area (Å²) in [6.07, 6.45) is 2.19. The molecular formula is C15H20BrNO. The van der Waals surface area contributed by atoms with Crippen molar-refractivity contribution in [3.8, 4) is 0 Å². The zero-order chi connectivity index (χ0) is 13.2. The van der Waals surface area contributed by atoms with E-state index < -0.39 is 0 Å². The van der Waals surface area contributed by atoms with Gasteiger partial charge in [0.1, 0.15) is 0 Å². The molecule has 98 valence electrons. The Balaban J connectivity index is 2.03. The van der Waals surface area contributed by atoms with Crippen molar-refractivity contribution in [1.82, 2.24) is 4.90 Å².